The van der Waals surface area contributed by atoms with E-state index in [2.05, 4.69) is 38.4 Å². The van der Waals surface area contributed by atoms with Gasteiger partial charge in [-0.3, -0.25) is 0 Å². The Kier molecular flexibility index (Phi) is 3.88. The lowest BCUT2D eigenvalue weighted by atomic mass is 10.2. The number of hydrogen-bond donors (Lipinski definition) is 0. The second-order valence-corrected chi connectivity index (χ2v) is 4.14. The molecule has 3 heteroatoms. The van der Waals surface area contributed by atoms with E-state index in [0.29, 0.717) is 5.56 Å². The minimum Gasteiger partial charge on any atom is -0.206 e. The van der Waals surface area contributed by atoms with Gasteiger partial charge in [-0.2, -0.15) is 0 Å². The molecule has 0 spiro atoms. The zero-order valence-electron chi connectivity index (χ0n) is 6.73. The molecule has 0 aliphatic rings. The molecule has 1 aromatic carbocycles. The fourth-order valence-electron chi connectivity index (χ4n) is 0.874. The van der Waals surface area contributed by atoms with Crippen LogP contribution in [0.4, 0.5) is 4.39 Å². The summed E-state index contributed by atoms with van der Waals surface area (Å²) in [4.78, 5) is 0. The van der Waals surface area contributed by atoms with E-state index < -0.39 is 0 Å². The van der Waals surface area contributed by atoms with Crippen LogP contribution in [0, 0.1) is 0 Å². The monoisotopic (exact) mass is 304 g/mol. The molecule has 68 valence electrons. The summed E-state index contributed by atoms with van der Waals surface area (Å²) >= 11 is 6.54. The van der Waals surface area contributed by atoms with Crippen molar-refractivity contribution in [3.63, 3.8) is 0 Å². The van der Waals surface area contributed by atoms with E-state index in [-0.39, 0.29) is 5.83 Å². The fraction of sp³-hybridized carbons (Fsp3) is 0. The van der Waals surface area contributed by atoms with Gasteiger partial charge in [0, 0.05) is 14.5 Å². The number of rotatable bonds is 2. The molecule has 0 unspecified atom stereocenters. The van der Waals surface area contributed by atoms with Gasteiger partial charge >= 0.3 is 0 Å². The molecule has 0 amide bonds. The predicted molar refractivity (Wildman–Crippen MR) is 61.1 cm³/mol. The topological polar surface area (TPSA) is 0 Å². The van der Waals surface area contributed by atoms with Crippen molar-refractivity contribution in [3.8, 4) is 0 Å². The van der Waals surface area contributed by atoms with Gasteiger partial charge in [0.1, 0.15) is 5.83 Å². The third kappa shape index (κ3) is 2.78. The molecule has 1 aromatic rings. The van der Waals surface area contributed by atoms with Crippen LogP contribution in [0.15, 0.2) is 45.9 Å². The molecule has 0 heterocycles. The van der Waals surface area contributed by atoms with Crippen molar-refractivity contribution < 1.29 is 4.39 Å². The summed E-state index contributed by atoms with van der Waals surface area (Å²) in [6, 6.07) is 5.34. The summed E-state index contributed by atoms with van der Waals surface area (Å²) in [7, 11) is 0. The summed E-state index contributed by atoms with van der Waals surface area (Å²) < 4.78 is 14.9. The van der Waals surface area contributed by atoms with E-state index in [1.54, 1.807) is 12.1 Å². The van der Waals surface area contributed by atoms with Crippen molar-refractivity contribution in [2.24, 2.45) is 0 Å². The smallest absolute Gasteiger partial charge is 0.131 e. The predicted octanol–water partition coefficient (Wildman–Crippen LogP) is 4.71. The van der Waals surface area contributed by atoms with Crippen LogP contribution >= 0.6 is 31.9 Å². The highest BCUT2D eigenvalue weighted by Crippen LogP contribution is 2.28. The third-order valence-electron chi connectivity index (χ3n) is 1.45. The van der Waals surface area contributed by atoms with Gasteiger partial charge in [0.2, 0.25) is 0 Å². The Hall–Kier alpha value is -0.410. The van der Waals surface area contributed by atoms with E-state index in [0.717, 1.165) is 8.95 Å². The minimum absolute atomic E-state index is 0.303. The molecule has 0 radical (unpaired) electrons. The molecular weight excluding hydrogens is 299 g/mol. The summed E-state index contributed by atoms with van der Waals surface area (Å²) in [5.41, 5.74) is 0.522. The number of halogens is 3. The molecule has 0 saturated heterocycles. The maximum atomic E-state index is 13.3. The number of benzene rings is 1. The van der Waals surface area contributed by atoms with Gasteiger partial charge < -0.3 is 0 Å². The summed E-state index contributed by atoms with van der Waals surface area (Å²) in [5.74, 6) is -0.303. The van der Waals surface area contributed by atoms with E-state index in [9.17, 15) is 4.39 Å². The zero-order chi connectivity index (χ0) is 9.84. The van der Waals surface area contributed by atoms with Crippen LogP contribution in [-0.4, -0.2) is 0 Å². The molecule has 0 aromatic heterocycles. The van der Waals surface area contributed by atoms with Crippen molar-refractivity contribution >= 4 is 37.7 Å². The van der Waals surface area contributed by atoms with Crippen molar-refractivity contribution in [1.29, 1.82) is 0 Å². The van der Waals surface area contributed by atoms with Crippen LogP contribution < -0.4 is 0 Å². The minimum atomic E-state index is -0.303. The number of allylic oxidation sites excluding steroid dienone is 2. The maximum absolute atomic E-state index is 13.3. The second-order valence-electron chi connectivity index (χ2n) is 2.37. The second kappa shape index (κ2) is 4.72. The highest BCUT2D eigenvalue weighted by molar-refractivity contribution is 9.11. The SMILES string of the molecule is C=C/C=C(\F)c1cc(Br)ccc1Br. The first-order chi connectivity index (χ1) is 6.15. The third-order valence-corrected chi connectivity index (χ3v) is 2.63. The summed E-state index contributed by atoms with van der Waals surface area (Å²) in [5, 5.41) is 0. The van der Waals surface area contributed by atoms with Gasteiger partial charge in [0.15, 0.2) is 0 Å². The Bertz CT molecular complexity index is 356. The molecule has 0 aliphatic carbocycles. The van der Waals surface area contributed by atoms with Crippen LogP contribution in [0.3, 0.4) is 0 Å². The molecule has 0 nitrogen and oxygen atoms in total. The Balaban J connectivity index is 3.20. The summed E-state index contributed by atoms with van der Waals surface area (Å²) in [6.07, 6.45) is 2.75. The van der Waals surface area contributed by atoms with Crippen LogP contribution in [0.25, 0.3) is 5.83 Å². The van der Waals surface area contributed by atoms with Gasteiger partial charge in [0.25, 0.3) is 0 Å². The molecule has 0 fully saturated rings. The molecule has 0 saturated carbocycles. The number of hydrogen-bond acceptors (Lipinski definition) is 0. The van der Waals surface area contributed by atoms with Gasteiger partial charge in [-0.1, -0.05) is 44.5 Å². The average Bonchev–Trinajstić information content (AvgIpc) is 2.09. The fourth-order valence-corrected chi connectivity index (χ4v) is 1.67. The van der Waals surface area contributed by atoms with E-state index in [1.165, 1.54) is 12.2 Å². The lowest BCUT2D eigenvalue weighted by Gasteiger charge is -2.01. The Morgan fingerprint density at radius 2 is 2.08 bits per heavy atom. The first-order valence-corrected chi connectivity index (χ1v) is 5.17. The highest BCUT2D eigenvalue weighted by Gasteiger charge is 2.04. The largest absolute Gasteiger partial charge is 0.206 e. The van der Waals surface area contributed by atoms with Crippen LogP contribution in [0.1, 0.15) is 5.56 Å². The lowest BCUT2D eigenvalue weighted by Crippen LogP contribution is -1.80. The van der Waals surface area contributed by atoms with Crippen molar-refractivity contribution in [2.45, 2.75) is 0 Å². The van der Waals surface area contributed by atoms with Crippen LogP contribution in [0.5, 0.6) is 0 Å². The van der Waals surface area contributed by atoms with E-state index >= 15 is 0 Å². The van der Waals surface area contributed by atoms with Crippen molar-refractivity contribution in [1.82, 2.24) is 0 Å². The molecule has 0 N–H and O–H groups in total. The average molecular weight is 306 g/mol. The van der Waals surface area contributed by atoms with Crippen molar-refractivity contribution in [2.75, 3.05) is 0 Å². The lowest BCUT2D eigenvalue weighted by molar-refractivity contribution is 0.759. The van der Waals surface area contributed by atoms with Crippen molar-refractivity contribution in [3.05, 3.63) is 51.4 Å². The highest BCUT2D eigenvalue weighted by atomic mass is 79.9. The Morgan fingerprint density at radius 1 is 1.38 bits per heavy atom. The van der Waals surface area contributed by atoms with Gasteiger partial charge in [0.05, 0.1) is 0 Å². The van der Waals surface area contributed by atoms with Gasteiger partial charge in [-0.15, -0.1) is 0 Å². The maximum Gasteiger partial charge on any atom is 0.131 e. The van der Waals surface area contributed by atoms with Crippen LogP contribution in [0.2, 0.25) is 0 Å². The standard InChI is InChI=1S/C10H7Br2F/c1-2-3-10(13)8-6-7(11)4-5-9(8)12/h2-6H,1H2/b10-3-. The van der Waals surface area contributed by atoms with E-state index in [4.69, 9.17) is 0 Å². The van der Waals surface area contributed by atoms with E-state index in [1.807, 2.05) is 6.07 Å². The van der Waals surface area contributed by atoms with Crippen LogP contribution in [-0.2, 0) is 0 Å². The van der Waals surface area contributed by atoms with Gasteiger partial charge in [-0.05, 0) is 24.3 Å². The first kappa shape index (κ1) is 10.7. The molecular formula is C10H7Br2F. The molecule has 0 bridgehead atoms. The normalized spacial score (nSPS) is 11.5. The Morgan fingerprint density at radius 3 is 2.69 bits per heavy atom. The zero-order valence-corrected chi connectivity index (χ0v) is 9.90. The summed E-state index contributed by atoms with van der Waals surface area (Å²) in [6.45, 7) is 3.43. The Labute approximate surface area is 93.4 Å². The first-order valence-electron chi connectivity index (χ1n) is 3.59. The molecule has 13 heavy (non-hydrogen) atoms. The molecule has 0 aliphatic heterocycles. The van der Waals surface area contributed by atoms with Gasteiger partial charge in [-0.25, -0.2) is 4.39 Å². The molecule has 0 atom stereocenters. The quantitative estimate of drug-likeness (QED) is 0.694. The molecule has 1 rings (SSSR count).